The summed E-state index contributed by atoms with van der Waals surface area (Å²) >= 11 is 0. The van der Waals surface area contributed by atoms with Crippen molar-refractivity contribution >= 4 is 5.97 Å². The lowest BCUT2D eigenvalue weighted by Crippen LogP contribution is -2.28. The summed E-state index contributed by atoms with van der Waals surface area (Å²) in [6.07, 6.45) is 5.39. The highest BCUT2D eigenvalue weighted by Crippen LogP contribution is 2.14. The number of aromatic nitrogens is 2. The van der Waals surface area contributed by atoms with Crippen LogP contribution in [0, 0.1) is 0 Å². The number of hydrogen-bond acceptors (Lipinski definition) is 4. The van der Waals surface area contributed by atoms with Crippen molar-refractivity contribution in [3.05, 3.63) is 12.4 Å². The molecule has 1 heterocycles. The summed E-state index contributed by atoms with van der Waals surface area (Å²) in [5.41, 5.74) is 0. The van der Waals surface area contributed by atoms with Crippen LogP contribution in [0.5, 0.6) is 5.75 Å². The molecular weight excluding hydrogens is 208 g/mol. The number of carbonyl (C=O) groups is 1. The molecule has 0 bridgehead atoms. The maximum absolute atomic E-state index is 11.5. The molecule has 0 N–H and O–H groups in total. The molecule has 0 aliphatic rings. The van der Waals surface area contributed by atoms with Gasteiger partial charge in [-0.05, 0) is 12.8 Å². The Hall–Kier alpha value is -1.52. The van der Waals surface area contributed by atoms with Gasteiger partial charge >= 0.3 is 5.97 Å². The van der Waals surface area contributed by atoms with Crippen LogP contribution in [0.25, 0.3) is 0 Å². The van der Waals surface area contributed by atoms with E-state index in [1.165, 1.54) is 7.11 Å². The van der Waals surface area contributed by atoms with Gasteiger partial charge in [0.05, 0.1) is 19.5 Å². The molecule has 1 unspecified atom stereocenters. The Kier molecular flexibility index (Phi) is 4.82. The van der Waals surface area contributed by atoms with Gasteiger partial charge in [0.25, 0.3) is 0 Å². The average Bonchev–Trinajstić information content (AvgIpc) is 2.69. The number of nitrogens with zero attached hydrogens (tertiary/aromatic N) is 2. The highest BCUT2D eigenvalue weighted by atomic mass is 16.6. The molecule has 5 heteroatoms. The number of unbranched alkanes of at least 4 members (excludes halogenated alkanes) is 1. The Balaban J connectivity index is 2.59. The minimum atomic E-state index is -0.533. The van der Waals surface area contributed by atoms with Gasteiger partial charge in [0, 0.05) is 7.05 Å². The Bertz CT molecular complexity index is 336. The molecule has 0 saturated carbocycles. The van der Waals surface area contributed by atoms with E-state index in [0.29, 0.717) is 12.2 Å². The molecular formula is C11H18N2O3. The minimum absolute atomic E-state index is 0.336. The first-order valence-corrected chi connectivity index (χ1v) is 5.40. The Morgan fingerprint density at radius 1 is 1.62 bits per heavy atom. The van der Waals surface area contributed by atoms with Gasteiger partial charge < -0.3 is 9.47 Å². The third kappa shape index (κ3) is 3.56. The van der Waals surface area contributed by atoms with Crippen LogP contribution in [0.1, 0.15) is 26.2 Å². The lowest BCUT2D eigenvalue weighted by molar-refractivity contribution is -0.149. The molecule has 0 radical (unpaired) electrons. The van der Waals surface area contributed by atoms with Crippen molar-refractivity contribution in [3.63, 3.8) is 0 Å². The van der Waals surface area contributed by atoms with Crippen LogP contribution in [-0.2, 0) is 16.6 Å². The molecule has 1 aromatic rings. The van der Waals surface area contributed by atoms with Crippen molar-refractivity contribution in [2.75, 3.05) is 7.11 Å². The lowest BCUT2D eigenvalue weighted by Gasteiger charge is -2.14. The van der Waals surface area contributed by atoms with E-state index < -0.39 is 6.10 Å². The van der Waals surface area contributed by atoms with Crippen LogP contribution in [0.4, 0.5) is 0 Å². The zero-order valence-corrected chi connectivity index (χ0v) is 9.97. The lowest BCUT2D eigenvalue weighted by atomic mass is 10.1. The second kappa shape index (κ2) is 6.15. The molecule has 0 saturated heterocycles. The molecule has 0 amide bonds. The van der Waals surface area contributed by atoms with Gasteiger partial charge in [-0.2, -0.15) is 5.10 Å². The van der Waals surface area contributed by atoms with E-state index in [-0.39, 0.29) is 5.97 Å². The van der Waals surface area contributed by atoms with Crippen LogP contribution in [0.3, 0.4) is 0 Å². The fraction of sp³-hybridized carbons (Fsp3) is 0.636. The van der Waals surface area contributed by atoms with E-state index in [0.717, 1.165) is 12.8 Å². The number of ether oxygens (including phenoxy) is 2. The fourth-order valence-electron chi connectivity index (χ4n) is 1.37. The average molecular weight is 226 g/mol. The number of carbonyl (C=O) groups excluding carboxylic acids is 1. The van der Waals surface area contributed by atoms with Crippen LogP contribution < -0.4 is 4.74 Å². The van der Waals surface area contributed by atoms with Crippen LogP contribution >= 0.6 is 0 Å². The predicted octanol–water partition coefficient (Wildman–Crippen LogP) is 1.53. The van der Waals surface area contributed by atoms with Gasteiger partial charge in [0.2, 0.25) is 0 Å². The summed E-state index contributed by atoms with van der Waals surface area (Å²) in [5, 5.41) is 3.97. The summed E-state index contributed by atoms with van der Waals surface area (Å²) in [7, 11) is 3.17. The van der Waals surface area contributed by atoms with E-state index in [2.05, 4.69) is 12.0 Å². The number of rotatable bonds is 6. The first-order chi connectivity index (χ1) is 7.67. The summed E-state index contributed by atoms with van der Waals surface area (Å²) in [4.78, 5) is 11.5. The summed E-state index contributed by atoms with van der Waals surface area (Å²) < 4.78 is 11.9. The second-order valence-corrected chi connectivity index (χ2v) is 3.62. The molecule has 0 aromatic carbocycles. The molecule has 0 fully saturated rings. The molecule has 0 spiro atoms. The van der Waals surface area contributed by atoms with Crippen molar-refractivity contribution in [1.29, 1.82) is 0 Å². The smallest absolute Gasteiger partial charge is 0.347 e. The number of hydrogen-bond donors (Lipinski definition) is 0. The third-order valence-electron chi connectivity index (χ3n) is 2.24. The Morgan fingerprint density at radius 3 is 2.88 bits per heavy atom. The normalized spacial score (nSPS) is 12.2. The van der Waals surface area contributed by atoms with Crippen molar-refractivity contribution in [3.8, 4) is 5.75 Å². The maximum Gasteiger partial charge on any atom is 0.347 e. The fourth-order valence-corrected chi connectivity index (χ4v) is 1.37. The molecule has 1 atom stereocenters. The van der Waals surface area contributed by atoms with Gasteiger partial charge in [0.15, 0.2) is 11.9 Å². The molecule has 0 aliphatic heterocycles. The minimum Gasteiger partial charge on any atom is -0.475 e. The van der Waals surface area contributed by atoms with Gasteiger partial charge in [-0.25, -0.2) is 4.79 Å². The first-order valence-electron chi connectivity index (χ1n) is 5.40. The number of esters is 1. The SMILES string of the molecule is CCCCC(Oc1cnn(C)c1)C(=O)OC. The van der Waals surface area contributed by atoms with Crippen LogP contribution in [0.15, 0.2) is 12.4 Å². The third-order valence-corrected chi connectivity index (χ3v) is 2.24. The van der Waals surface area contributed by atoms with Crippen LogP contribution in [-0.4, -0.2) is 29.0 Å². The summed E-state index contributed by atoms with van der Waals surface area (Å²) in [5.74, 6) is 0.256. The molecule has 90 valence electrons. The highest BCUT2D eigenvalue weighted by molar-refractivity contribution is 5.74. The summed E-state index contributed by atoms with van der Waals surface area (Å²) in [6, 6.07) is 0. The predicted molar refractivity (Wildman–Crippen MR) is 59.2 cm³/mol. The largest absolute Gasteiger partial charge is 0.475 e. The highest BCUT2D eigenvalue weighted by Gasteiger charge is 2.20. The zero-order valence-electron chi connectivity index (χ0n) is 9.97. The molecule has 0 aliphatic carbocycles. The van der Waals surface area contributed by atoms with Crippen molar-refractivity contribution in [2.24, 2.45) is 7.05 Å². The van der Waals surface area contributed by atoms with E-state index in [1.807, 2.05) is 0 Å². The van der Waals surface area contributed by atoms with Crippen molar-refractivity contribution in [1.82, 2.24) is 9.78 Å². The second-order valence-electron chi connectivity index (χ2n) is 3.62. The van der Waals surface area contributed by atoms with Crippen LogP contribution in [0.2, 0.25) is 0 Å². The first kappa shape index (κ1) is 12.5. The molecule has 5 nitrogen and oxygen atoms in total. The quantitative estimate of drug-likeness (QED) is 0.690. The number of aryl methyl sites for hydroxylation is 1. The van der Waals surface area contributed by atoms with Crippen molar-refractivity contribution in [2.45, 2.75) is 32.3 Å². The standard InChI is InChI=1S/C11H18N2O3/c1-4-5-6-10(11(14)15-3)16-9-7-12-13(2)8-9/h7-8,10H,4-6H2,1-3H3. The topological polar surface area (TPSA) is 53.4 Å². The molecule has 16 heavy (non-hydrogen) atoms. The number of methoxy groups -OCH3 is 1. The van der Waals surface area contributed by atoms with E-state index in [4.69, 9.17) is 9.47 Å². The molecule has 1 rings (SSSR count). The van der Waals surface area contributed by atoms with Crippen molar-refractivity contribution < 1.29 is 14.3 Å². The van der Waals surface area contributed by atoms with Gasteiger partial charge in [-0.15, -0.1) is 0 Å². The van der Waals surface area contributed by atoms with Gasteiger partial charge in [-0.1, -0.05) is 13.3 Å². The Morgan fingerprint density at radius 2 is 2.38 bits per heavy atom. The maximum atomic E-state index is 11.5. The molecule has 1 aromatic heterocycles. The van der Waals surface area contributed by atoms with Gasteiger partial charge in [0.1, 0.15) is 0 Å². The van der Waals surface area contributed by atoms with E-state index in [1.54, 1.807) is 24.1 Å². The summed E-state index contributed by atoms with van der Waals surface area (Å²) in [6.45, 7) is 2.07. The zero-order chi connectivity index (χ0) is 12.0. The Labute approximate surface area is 95.3 Å². The van der Waals surface area contributed by atoms with E-state index in [9.17, 15) is 4.79 Å². The van der Waals surface area contributed by atoms with E-state index >= 15 is 0 Å². The van der Waals surface area contributed by atoms with Gasteiger partial charge in [-0.3, -0.25) is 4.68 Å². The monoisotopic (exact) mass is 226 g/mol.